The van der Waals surface area contributed by atoms with Gasteiger partial charge in [-0.25, -0.2) is 0 Å². The number of nitrogens with zero attached hydrogens (tertiary/aromatic N) is 1. The maximum atomic E-state index is 2.47. The molecule has 10 rings (SSSR count). The van der Waals surface area contributed by atoms with Gasteiger partial charge in [0.25, 0.3) is 0 Å². The van der Waals surface area contributed by atoms with E-state index in [4.69, 9.17) is 0 Å². The first-order chi connectivity index (χ1) is 22.8. The lowest BCUT2D eigenvalue weighted by molar-refractivity contribution is 1.18. The summed E-state index contributed by atoms with van der Waals surface area (Å²) in [4.78, 5) is 0. The van der Waals surface area contributed by atoms with Crippen LogP contribution in [0.3, 0.4) is 0 Å². The van der Waals surface area contributed by atoms with Gasteiger partial charge in [-0.05, 0) is 74.6 Å². The minimum atomic E-state index is 1.19. The van der Waals surface area contributed by atoms with Gasteiger partial charge in [-0.15, -0.1) is 11.3 Å². The molecule has 0 unspecified atom stereocenters. The zero-order valence-corrected chi connectivity index (χ0v) is 25.8. The van der Waals surface area contributed by atoms with Crippen LogP contribution < -0.4 is 0 Å². The van der Waals surface area contributed by atoms with Crippen LogP contribution in [0.4, 0.5) is 0 Å². The molecular formula is C44H27NS. The number of benzene rings is 8. The molecule has 1 nitrogen and oxygen atoms in total. The molecule has 2 aromatic heterocycles. The van der Waals surface area contributed by atoms with Crippen molar-refractivity contribution in [3.63, 3.8) is 0 Å². The molecule has 0 saturated heterocycles. The number of aromatic nitrogens is 1. The van der Waals surface area contributed by atoms with E-state index in [0.717, 1.165) is 0 Å². The molecule has 0 N–H and O–H groups in total. The van der Waals surface area contributed by atoms with Crippen LogP contribution >= 0.6 is 11.3 Å². The van der Waals surface area contributed by atoms with E-state index in [1.165, 1.54) is 91.5 Å². The Bertz CT molecular complexity index is 2760. The number of rotatable bonds is 3. The van der Waals surface area contributed by atoms with Crippen molar-refractivity contribution in [2.24, 2.45) is 0 Å². The van der Waals surface area contributed by atoms with Crippen molar-refractivity contribution in [1.29, 1.82) is 0 Å². The normalized spacial score (nSPS) is 11.9. The van der Waals surface area contributed by atoms with Gasteiger partial charge in [0, 0.05) is 36.5 Å². The fraction of sp³-hybridized carbons (Fsp3) is 0. The Kier molecular flexibility index (Phi) is 5.51. The van der Waals surface area contributed by atoms with Gasteiger partial charge in [0.05, 0.1) is 16.7 Å². The maximum Gasteiger partial charge on any atom is 0.0541 e. The van der Waals surface area contributed by atoms with Crippen LogP contribution in [0.1, 0.15) is 0 Å². The van der Waals surface area contributed by atoms with Crippen LogP contribution in [-0.4, -0.2) is 4.57 Å². The minimum absolute atomic E-state index is 1.19. The van der Waals surface area contributed by atoms with Crippen molar-refractivity contribution >= 4 is 74.9 Å². The van der Waals surface area contributed by atoms with Crippen molar-refractivity contribution in [3.05, 3.63) is 164 Å². The van der Waals surface area contributed by atoms with E-state index in [1.807, 2.05) is 11.3 Å². The van der Waals surface area contributed by atoms with Crippen molar-refractivity contribution < 1.29 is 0 Å². The molecule has 214 valence electrons. The Morgan fingerprint density at radius 3 is 1.83 bits per heavy atom. The molecule has 0 fully saturated rings. The highest BCUT2D eigenvalue weighted by atomic mass is 32.1. The van der Waals surface area contributed by atoms with Crippen LogP contribution in [0.5, 0.6) is 0 Å². The van der Waals surface area contributed by atoms with Gasteiger partial charge in [0.1, 0.15) is 0 Å². The first-order valence-corrected chi connectivity index (χ1v) is 16.6. The van der Waals surface area contributed by atoms with Crippen molar-refractivity contribution in [2.45, 2.75) is 0 Å². The van der Waals surface area contributed by atoms with E-state index in [2.05, 4.69) is 168 Å². The topological polar surface area (TPSA) is 4.93 Å². The number of thiophene rings is 1. The summed E-state index contributed by atoms with van der Waals surface area (Å²) in [5.41, 5.74) is 8.67. The third-order valence-electron chi connectivity index (χ3n) is 9.57. The molecule has 2 heteroatoms. The molecule has 46 heavy (non-hydrogen) atoms. The zero-order valence-electron chi connectivity index (χ0n) is 24.9. The summed E-state index contributed by atoms with van der Waals surface area (Å²) < 4.78 is 5.15. The second-order valence-corrected chi connectivity index (χ2v) is 13.1. The van der Waals surface area contributed by atoms with Crippen LogP contribution in [0.25, 0.3) is 91.5 Å². The van der Waals surface area contributed by atoms with Crippen molar-refractivity contribution in [1.82, 2.24) is 4.57 Å². The molecule has 0 saturated carbocycles. The molecule has 0 bridgehead atoms. The highest BCUT2D eigenvalue weighted by molar-refractivity contribution is 7.26. The fourth-order valence-electron chi connectivity index (χ4n) is 7.56. The highest BCUT2D eigenvalue weighted by Crippen LogP contribution is 2.44. The number of para-hydroxylation sites is 2. The number of fused-ring (bicyclic) bond motifs is 8. The second kappa shape index (κ2) is 9.90. The molecule has 0 aliphatic rings. The van der Waals surface area contributed by atoms with Gasteiger partial charge in [-0.2, -0.15) is 0 Å². The van der Waals surface area contributed by atoms with Crippen LogP contribution in [0.2, 0.25) is 0 Å². The molecule has 0 amide bonds. The summed E-state index contributed by atoms with van der Waals surface area (Å²) in [6.45, 7) is 0. The third-order valence-corrected chi connectivity index (χ3v) is 10.8. The Labute approximate surface area is 270 Å². The van der Waals surface area contributed by atoms with E-state index in [1.54, 1.807) is 0 Å². The highest BCUT2D eigenvalue weighted by Gasteiger charge is 2.19. The first-order valence-electron chi connectivity index (χ1n) is 15.8. The standard InChI is InChI=1S/C44H27NS/c1-3-14-31-28(12-1)26-29-13-2-4-15-32(29)43(31)37-18-6-9-22-40(37)45-39-21-8-5-16-34(39)38-27-30(24-25-41(38)45)33-19-11-20-36-35-17-7-10-23-42(35)46-44(33)36/h1-27H. The zero-order chi connectivity index (χ0) is 30.2. The molecular weight excluding hydrogens is 575 g/mol. The largest absolute Gasteiger partial charge is 0.309 e. The smallest absolute Gasteiger partial charge is 0.0541 e. The minimum Gasteiger partial charge on any atom is -0.309 e. The Balaban J connectivity index is 1.26. The van der Waals surface area contributed by atoms with Crippen LogP contribution in [-0.2, 0) is 0 Å². The van der Waals surface area contributed by atoms with Gasteiger partial charge >= 0.3 is 0 Å². The van der Waals surface area contributed by atoms with E-state index >= 15 is 0 Å². The predicted molar refractivity (Wildman–Crippen MR) is 200 cm³/mol. The second-order valence-electron chi connectivity index (χ2n) is 12.1. The summed E-state index contributed by atoms with van der Waals surface area (Å²) >= 11 is 1.89. The molecule has 8 aromatic carbocycles. The average molecular weight is 602 g/mol. The Morgan fingerprint density at radius 1 is 0.391 bits per heavy atom. The Hall–Kier alpha value is -5.70. The van der Waals surface area contributed by atoms with E-state index in [-0.39, 0.29) is 0 Å². The number of hydrogen-bond acceptors (Lipinski definition) is 1. The van der Waals surface area contributed by atoms with Gasteiger partial charge in [0.2, 0.25) is 0 Å². The fourth-order valence-corrected chi connectivity index (χ4v) is 8.80. The quantitative estimate of drug-likeness (QED) is 0.178. The van der Waals surface area contributed by atoms with Crippen LogP contribution in [0.15, 0.2) is 164 Å². The number of hydrogen-bond donors (Lipinski definition) is 0. The summed E-state index contributed by atoms with van der Waals surface area (Å²) in [6.07, 6.45) is 0. The summed E-state index contributed by atoms with van der Waals surface area (Å²) in [7, 11) is 0. The van der Waals surface area contributed by atoms with Gasteiger partial charge < -0.3 is 4.57 Å². The molecule has 10 aromatic rings. The lowest BCUT2D eigenvalue weighted by atomic mass is 9.91. The lowest BCUT2D eigenvalue weighted by Gasteiger charge is -2.18. The molecule has 0 atom stereocenters. The van der Waals surface area contributed by atoms with E-state index in [0.29, 0.717) is 0 Å². The predicted octanol–water partition coefficient (Wildman–Crippen LogP) is 12.8. The van der Waals surface area contributed by atoms with Crippen LogP contribution in [0, 0.1) is 0 Å². The maximum absolute atomic E-state index is 2.47. The lowest BCUT2D eigenvalue weighted by Crippen LogP contribution is -1.98. The molecule has 2 heterocycles. The molecule has 0 radical (unpaired) electrons. The Morgan fingerprint density at radius 2 is 1.00 bits per heavy atom. The van der Waals surface area contributed by atoms with Gasteiger partial charge in [-0.1, -0.05) is 127 Å². The monoisotopic (exact) mass is 601 g/mol. The van der Waals surface area contributed by atoms with Crippen molar-refractivity contribution in [2.75, 3.05) is 0 Å². The van der Waals surface area contributed by atoms with Gasteiger partial charge in [0.15, 0.2) is 0 Å². The molecule has 0 spiro atoms. The average Bonchev–Trinajstić information content (AvgIpc) is 3.66. The van der Waals surface area contributed by atoms with E-state index in [9.17, 15) is 0 Å². The molecule has 0 aliphatic heterocycles. The SMILES string of the molecule is c1ccc(-n2c3ccccc3c3cc(-c4cccc5c4sc4ccccc45)ccc32)c(-c2c3ccccc3cc3ccccc23)c1. The third kappa shape index (κ3) is 3.68. The summed E-state index contributed by atoms with van der Waals surface area (Å²) in [6, 6.07) is 60.2. The summed E-state index contributed by atoms with van der Waals surface area (Å²) in [5, 5.41) is 10.3. The van der Waals surface area contributed by atoms with Gasteiger partial charge in [-0.3, -0.25) is 0 Å². The van der Waals surface area contributed by atoms with Crippen molar-refractivity contribution in [3.8, 4) is 27.9 Å². The summed E-state index contributed by atoms with van der Waals surface area (Å²) in [5.74, 6) is 0. The first kappa shape index (κ1) is 25.6. The van der Waals surface area contributed by atoms with E-state index < -0.39 is 0 Å². The molecule has 0 aliphatic carbocycles.